The molecule has 0 bridgehead atoms. The first-order chi connectivity index (χ1) is 15.0. The number of nitrogens with zero attached hydrogens (tertiary/aromatic N) is 3. The van der Waals surface area contributed by atoms with Crippen LogP contribution in [-0.4, -0.2) is 27.2 Å². The Morgan fingerprint density at radius 1 is 1.13 bits per heavy atom. The average molecular weight is 418 g/mol. The van der Waals surface area contributed by atoms with Crippen molar-refractivity contribution in [3.05, 3.63) is 76.8 Å². The number of hydrogen-bond acceptors (Lipinski definition) is 6. The van der Waals surface area contributed by atoms with Gasteiger partial charge in [-0.2, -0.15) is 10.1 Å². The molecule has 7 heteroatoms. The molecular weight excluding hydrogens is 392 g/mol. The van der Waals surface area contributed by atoms with Gasteiger partial charge in [0.2, 0.25) is 5.95 Å². The molecule has 0 saturated heterocycles. The maximum absolute atomic E-state index is 12.5. The fourth-order valence-electron chi connectivity index (χ4n) is 3.90. The van der Waals surface area contributed by atoms with E-state index in [1.807, 2.05) is 44.2 Å². The van der Waals surface area contributed by atoms with Crippen LogP contribution in [0.15, 0.2) is 60.1 Å². The molecule has 1 unspecified atom stereocenters. The van der Waals surface area contributed by atoms with Gasteiger partial charge in [-0.25, -0.2) is 4.68 Å². The number of allylic oxidation sites excluding steroid dienone is 2. The molecule has 1 N–H and O–H groups in total. The van der Waals surface area contributed by atoms with E-state index in [9.17, 15) is 4.79 Å². The molecule has 0 spiro atoms. The summed E-state index contributed by atoms with van der Waals surface area (Å²) in [6.07, 6.45) is 1.48. The second kappa shape index (κ2) is 8.63. The highest BCUT2D eigenvalue weighted by Gasteiger charge is 2.32. The molecule has 0 saturated carbocycles. The normalized spacial score (nSPS) is 15.3. The molecule has 0 fully saturated rings. The average Bonchev–Trinajstić information content (AvgIpc) is 3.20. The van der Waals surface area contributed by atoms with E-state index in [4.69, 9.17) is 9.47 Å². The lowest BCUT2D eigenvalue weighted by Gasteiger charge is -2.28. The number of Topliss-reactive ketones (excluding diaryl/α,β-unsaturated/α-hetero) is 1. The molecule has 3 aromatic rings. The van der Waals surface area contributed by atoms with Crippen LogP contribution in [-0.2, 0) is 11.4 Å². The molecule has 2 heterocycles. The maximum atomic E-state index is 12.5. The third kappa shape index (κ3) is 4.17. The Morgan fingerprint density at radius 2 is 1.97 bits per heavy atom. The first kappa shape index (κ1) is 20.7. The predicted molar refractivity (Wildman–Crippen MR) is 118 cm³/mol. The molecule has 31 heavy (non-hydrogen) atoms. The summed E-state index contributed by atoms with van der Waals surface area (Å²) in [6.45, 7) is 8.38. The predicted octanol–water partition coefficient (Wildman–Crippen LogP) is 4.44. The van der Waals surface area contributed by atoms with E-state index in [1.165, 1.54) is 11.9 Å². The summed E-state index contributed by atoms with van der Waals surface area (Å²) in [7, 11) is 0. The zero-order valence-corrected chi connectivity index (χ0v) is 18.2. The Kier molecular flexibility index (Phi) is 5.75. The molecule has 4 rings (SSSR count). The number of fused-ring (bicyclic) bond motifs is 1. The van der Waals surface area contributed by atoms with Crippen molar-refractivity contribution in [2.24, 2.45) is 0 Å². The number of aryl methyl sites for hydroxylation is 1. The van der Waals surface area contributed by atoms with Crippen LogP contribution in [0.4, 0.5) is 5.95 Å². The number of nitrogens with one attached hydrogen (secondary N) is 1. The summed E-state index contributed by atoms with van der Waals surface area (Å²) in [6, 6.07) is 13.6. The highest BCUT2D eigenvalue weighted by Crippen LogP contribution is 2.39. The van der Waals surface area contributed by atoms with Gasteiger partial charge in [0.05, 0.1) is 6.61 Å². The number of carbonyl (C=O) groups excluding carboxylic acids is 1. The molecule has 7 nitrogen and oxygen atoms in total. The first-order valence-corrected chi connectivity index (χ1v) is 10.3. The van der Waals surface area contributed by atoms with Crippen molar-refractivity contribution in [3.8, 4) is 11.5 Å². The number of anilines is 1. The highest BCUT2D eigenvalue weighted by atomic mass is 16.5. The monoisotopic (exact) mass is 418 g/mol. The molecule has 160 valence electrons. The van der Waals surface area contributed by atoms with E-state index in [0.717, 1.165) is 16.8 Å². The molecule has 1 aliphatic heterocycles. The first-order valence-electron chi connectivity index (χ1n) is 10.3. The van der Waals surface area contributed by atoms with Crippen molar-refractivity contribution in [1.82, 2.24) is 14.8 Å². The van der Waals surface area contributed by atoms with Crippen LogP contribution < -0.4 is 14.8 Å². The maximum Gasteiger partial charge on any atom is 0.226 e. The fourth-order valence-corrected chi connectivity index (χ4v) is 3.90. The van der Waals surface area contributed by atoms with Gasteiger partial charge in [-0.15, -0.1) is 0 Å². The minimum Gasteiger partial charge on any atom is -0.490 e. The van der Waals surface area contributed by atoms with Gasteiger partial charge in [-0.1, -0.05) is 35.9 Å². The number of hydrogen-bond donors (Lipinski definition) is 1. The van der Waals surface area contributed by atoms with Gasteiger partial charge in [0, 0.05) is 11.3 Å². The molecule has 1 aliphatic rings. The molecule has 0 amide bonds. The van der Waals surface area contributed by atoms with E-state index in [0.29, 0.717) is 36.2 Å². The van der Waals surface area contributed by atoms with Crippen LogP contribution in [0.25, 0.3) is 0 Å². The number of carbonyl (C=O) groups is 1. The second-order valence-electron chi connectivity index (χ2n) is 7.57. The van der Waals surface area contributed by atoms with Gasteiger partial charge in [0.25, 0.3) is 0 Å². The van der Waals surface area contributed by atoms with Crippen molar-refractivity contribution in [2.75, 3.05) is 11.9 Å². The molecule has 0 aliphatic carbocycles. The van der Waals surface area contributed by atoms with Crippen molar-refractivity contribution in [2.45, 2.75) is 40.3 Å². The lowest BCUT2D eigenvalue weighted by Crippen LogP contribution is -2.27. The number of ketones is 1. The summed E-state index contributed by atoms with van der Waals surface area (Å²) in [5.74, 6) is 1.87. The van der Waals surface area contributed by atoms with Crippen molar-refractivity contribution in [1.29, 1.82) is 0 Å². The molecular formula is C24H26N4O3. The fraction of sp³-hybridized carbons (Fsp3) is 0.292. The lowest BCUT2D eigenvalue weighted by molar-refractivity contribution is -0.114. The number of benzene rings is 2. The van der Waals surface area contributed by atoms with E-state index in [1.54, 1.807) is 11.6 Å². The van der Waals surface area contributed by atoms with Crippen LogP contribution in [0, 0.1) is 6.92 Å². The Hall–Kier alpha value is -3.61. The summed E-state index contributed by atoms with van der Waals surface area (Å²) in [5, 5.41) is 7.51. The summed E-state index contributed by atoms with van der Waals surface area (Å²) >= 11 is 0. The molecule has 1 aromatic heterocycles. The largest absolute Gasteiger partial charge is 0.490 e. The van der Waals surface area contributed by atoms with Crippen molar-refractivity contribution >= 4 is 11.7 Å². The minimum absolute atomic E-state index is 0.0196. The van der Waals surface area contributed by atoms with E-state index in [-0.39, 0.29) is 11.8 Å². The summed E-state index contributed by atoms with van der Waals surface area (Å²) < 4.78 is 13.7. The SMILES string of the molecule is CCOc1cc(C2C(C(C)=O)=C(C)Nc3ncnn32)ccc1OCc1cccc(C)c1. The van der Waals surface area contributed by atoms with Crippen LogP contribution in [0.5, 0.6) is 11.5 Å². The zero-order chi connectivity index (χ0) is 22.0. The number of rotatable bonds is 7. The Labute approximate surface area is 181 Å². The van der Waals surface area contributed by atoms with Gasteiger partial charge in [0.1, 0.15) is 19.0 Å². The molecule has 1 atom stereocenters. The zero-order valence-electron chi connectivity index (χ0n) is 18.2. The van der Waals surface area contributed by atoms with Crippen molar-refractivity contribution in [3.63, 3.8) is 0 Å². The van der Waals surface area contributed by atoms with Crippen LogP contribution in [0.3, 0.4) is 0 Å². The standard InChI is InChI=1S/C24H26N4O3/c1-5-30-21-12-19(9-10-20(21)31-13-18-8-6-7-15(2)11-18)23-22(17(4)29)16(3)27-24-25-14-26-28(23)24/h6-12,14,23H,5,13H2,1-4H3,(H,25,26,27). The Bertz CT molecular complexity index is 1150. The minimum atomic E-state index is -0.388. The van der Waals surface area contributed by atoms with Crippen LogP contribution in [0.1, 0.15) is 43.5 Å². The molecule has 0 radical (unpaired) electrons. The van der Waals surface area contributed by atoms with E-state index in [2.05, 4.69) is 34.5 Å². The van der Waals surface area contributed by atoms with Gasteiger partial charge in [-0.3, -0.25) is 4.79 Å². The van der Waals surface area contributed by atoms with E-state index >= 15 is 0 Å². The molecule has 2 aromatic carbocycles. The van der Waals surface area contributed by atoms with Gasteiger partial charge >= 0.3 is 0 Å². The van der Waals surface area contributed by atoms with E-state index < -0.39 is 0 Å². The number of aromatic nitrogens is 3. The highest BCUT2D eigenvalue weighted by molar-refractivity contribution is 5.96. The number of ether oxygens (including phenoxy) is 2. The lowest BCUT2D eigenvalue weighted by atomic mass is 9.93. The van der Waals surface area contributed by atoms with Crippen LogP contribution >= 0.6 is 0 Å². The topological polar surface area (TPSA) is 78.3 Å². The van der Waals surface area contributed by atoms with Gasteiger partial charge in [0.15, 0.2) is 17.3 Å². The Balaban J connectivity index is 1.69. The summed E-state index contributed by atoms with van der Waals surface area (Å²) in [5.41, 5.74) is 4.58. The smallest absolute Gasteiger partial charge is 0.226 e. The van der Waals surface area contributed by atoms with Crippen molar-refractivity contribution < 1.29 is 14.3 Å². The summed E-state index contributed by atoms with van der Waals surface area (Å²) in [4.78, 5) is 16.7. The Morgan fingerprint density at radius 3 is 2.71 bits per heavy atom. The third-order valence-corrected chi connectivity index (χ3v) is 5.23. The third-order valence-electron chi connectivity index (χ3n) is 5.23. The second-order valence-corrected chi connectivity index (χ2v) is 7.57. The quantitative estimate of drug-likeness (QED) is 0.611. The van der Waals surface area contributed by atoms with Crippen LogP contribution in [0.2, 0.25) is 0 Å². The van der Waals surface area contributed by atoms with Gasteiger partial charge in [-0.05, 0) is 51.0 Å². The van der Waals surface area contributed by atoms with Gasteiger partial charge < -0.3 is 14.8 Å².